The van der Waals surface area contributed by atoms with Crippen molar-refractivity contribution in [2.75, 3.05) is 7.05 Å². The van der Waals surface area contributed by atoms with Gasteiger partial charge in [-0.15, -0.1) is 0 Å². The van der Waals surface area contributed by atoms with Gasteiger partial charge in [0, 0.05) is 12.6 Å². The standard InChI is InChI=1S/C22H16BrFN2O4S2/c1-26-20(27)22(25-21(26)31,15-10-11-18(24)17(23)12-15)14-8-6-13(7-9-14)16-4-2-3-5-19(16)32(28,29)30/h2-12H,1H3,(H,25,31)(H,28,29,30). The van der Waals surface area contributed by atoms with Crippen LogP contribution in [0, 0.1) is 5.82 Å². The number of nitrogens with one attached hydrogen (secondary N) is 1. The topological polar surface area (TPSA) is 86.7 Å². The van der Waals surface area contributed by atoms with Crippen LogP contribution in [0.2, 0.25) is 0 Å². The Balaban J connectivity index is 1.88. The molecule has 2 N–H and O–H groups in total. The van der Waals surface area contributed by atoms with Crippen molar-refractivity contribution in [3.05, 3.63) is 88.1 Å². The monoisotopic (exact) mass is 534 g/mol. The van der Waals surface area contributed by atoms with Gasteiger partial charge < -0.3 is 5.32 Å². The Morgan fingerprint density at radius 2 is 1.69 bits per heavy atom. The van der Waals surface area contributed by atoms with Gasteiger partial charge in [0.05, 0.1) is 4.47 Å². The number of thiocarbonyl (C=S) groups is 1. The summed E-state index contributed by atoms with van der Waals surface area (Å²) in [5, 5.41) is 3.29. The number of carbonyl (C=O) groups excluding carboxylic acids is 1. The first kappa shape index (κ1) is 22.5. The predicted octanol–water partition coefficient (Wildman–Crippen LogP) is 4.09. The fourth-order valence-corrected chi connectivity index (χ4v) is 5.09. The van der Waals surface area contributed by atoms with E-state index in [1.165, 1.54) is 35.2 Å². The minimum atomic E-state index is -4.43. The number of hydrogen-bond donors (Lipinski definition) is 2. The lowest BCUT2D eigenvalue weighted by Crippen LogP contribution is -2.45. The summed E-state index contributed by atoms with van der Waals surface area (Å²) in [6.45, 7) is 0. The van der Waals surface area contributed by atoms with Gasteiger partial charge in [-0.2, -0.15) is 8.42 Å². The molecule has 1 amide bonds. The van der Waals surface area contributed by atoms with E-state index in [-0.39, 0.29) is 20.4 Å². The van der Waals surface area contributed by atoms with Gasteiger partial charge in [0.15, 0.2) is 10.7 Å². The molecule has 0 bridgehead atoms. The molecule has 0 spiro atoms. The van der Waals surface area contributed by atoms with E-state index in [0.29, 0.717) is 22.3 Å². The van der Waals surface area contributed by atoms with Gasteiger partial charge in [-0.25, -0.2) is 4.39 Å². The Labute approximate surface area is 197 Å². The van der Waals surface area contributed by atoms with Crippen LogP contribution in [0.15, 0.2) is 76.1 Å². The molecule has 1 saturated heterocycles. The fourth-order valence-electron chi connectivity index (χ4n) is 3.76. The van der Waals surface area contributed by atoms with Gasteiger partial charge in [0.2, 0.25) is 0 Å². The highest BCUT2D eigenvalue weighted by molar-refractivity contribution is 9.10. The molecular weight excluding hydrogens is 519 g/mol. The van der Waals surface area contributed by atoms with E-state index >= 15 is 0 Å². The molecule has 0 radical (unpaired) electrons. The lowest BCUT2D eigenvalue weighted by Gasteiger charge is -2.28. The van der Waals surface area contributed by atoms with E-state index in [2.05, 4.69) is 21.2 Å². The number of rotatable bonds is 4. The van der Waals surface area contributed by atoms with Crippen LogP contribution in [-0.2, 0) is 20.5 Å². The van der Waals surface area contributed by atoms with Gasteiger partial charge in [-0.3, -0.25) is 14.2 Å². The number of nitrogens with zero attached hydrogens (tertiary/aromatic N) is 1. The summed E-state index contributed by atoms with van der Waals surface area (Å²) < 4.78 is 47.1. The van der Waals surface area contributed by atoms with Crippen LogP contribution in [0.25, 0.3) is 11.1 Å². The van der Waals surface area contributed by atoms with Crippen LogP contribution >= 0.6 is 28.1 Å². The number of halogens is 2. The summed E-state index contributed by atoms with van der Waals surface area (Å²) >= 11 is 8.47. The summed E-state index contributed by atoms with van der Waals surface area (Å²) in [6.07, 6.45) is 0. The first-order chi connectivity index (χ1) is 15.1. The van der Waals surface area contributed by atoms with Crippen molar-refractivity contribution in [1.82, 2.24) is 10.2 Å². The quantitative estimate of drug-likeness (QED) is 0.387. The van der Waals surface area contributed by atoms with E-state index in [1.54, 1.807) is 43.4 Å². The third kappa shape index (κ3) is 3.62. The number of benzene rings is 3. The minimum Gasteiger partial charge on any atom is -0.341 e. The molecule has 1 aliphatic heterocycles. The van der Waals surface area contributed by atoms with Crippen LogP contribution in [0.5, 0.6) is 0 Å². The normalized spacial score (nSPS) is 18.7. The number of carbonyl (C=O) groups is 1. The van der Waals surface area contributed by atoms with Crippen molar-refractivity contribution in [1.29, 1.82) is 0 Å². The molecular formula is C22H16BrFN2O4S2. The van der Waals surface area contributed by atoms with E-state index in [9.17, 15) is 22.2 Å². The first-order valence-corrected chi connectivity index (χ1v) is 11.9. The molecule has 10 heteroatoms. The molecule has 3 aromatic rings. The van der Waals surface area contributed by atoms with Crippen molar-refractivity contribution in [3.8, 4) is 11.1 Å². The van der Waals surface area contributed by atoms with Gasteiger partial charge in [-0.05, 0) is 63.0 Å². The minimum absolute atomic E-state index is 0.197. The lowest BCUT2D eigenvalue weighted by atomic mass is 9.82. The molecule has 1 heterocycles. The Kier molecular flexibility index (Phi) is 5.66. The van der Waals surface area contributed by atoms with E-state index in [0.717, 1.165) is 0 Å². The number of amides is 1. The number of likely N-dealkylation sites (N-methyl/N-ethyl adjacent to an activating group) is 1. The molecule has 32 heavy (non-hydrogen) atoms. The second kappa shape index (κ2) is 8.04. The lowest BCUT2D eigenvalue weighted by molar-refractivity contribution is -0.129. The van der Waals surface area contributed by atoms with Crippen LogP contribution in [0.4, 0.5) is 4.39 Å². The summed E-state index contributed by atoms with van der Waals surface area (Å²) in [6, 6.07) is 17.0. The summed E-state index contributed by atoms with van der Waals surface area (Å²) in [4.78, 5) is 14.4. The molecule has 1 fully saturated rings. The van der Waals surface area contributed by atoms with Crippen molar-refractivity contribution in [3.63, 3.8) is 0 Å². The zero-order valence-electron chi connectivity index (χ0n) is 16.5. The molecule has 1 atom stereocenters. The van der Waals surface area contributed by atoms with Gasteiger partial charge >= 0.3 is 0 Å². The molecule has 0 aliphatic carbocycles. The predicted molar refractivity (Wildman–Crippen MR) is 125 cm³/mol. The smallest absolute Gasteiger partial charge is 0.295 e. The highest BCUT2D eigenvalue weighted by Gasteiger charge is 2.51. The molecule has 1 aliphatic rings. The summed E-state index contributed by atoms with van der Waals surface area (Å²) in [5.74, 6) is -0.811. The van der Waals surface area contributed by atoms with Crippen molar-refractivity contribution in [2.45, 2.75) is 10.4 Å². The largest absolute Gasteiger partial charge is 0.341 e. The average molecular weight is 535 g/mol. The second-order valence-electron chi connectivity index (χ2n) is 7.22. The van der Waals surface area contributed by atoms with Gasteiger partial charge in [0.25, 0.3) is 16.0 Å². The average Bonchev–Trinajstić information content (AvgIpc) is 3.00. The zero-order chi connectivity index (χ0) is 23.3. The van der Waals surface area contributed by atoms with Gasteiger partial charge in [-0.1, -0.05) is 48.5 Å². The Bertz CT molecular complexity index is 1360. The number of hydrogen-bond acceptors (Lipinski definition) is 4. The maximum Gasteiger partial charge on any atom is 0.295 e. The summed E-state index contributed by atoms with van der Waals surface area (Å²) in [5.41, 5.74) is 0.468. The van der Waals surface area contributed by atoms with Gasteiger partial charge in [0.1, 0.15) is 10.7 Å². The van der Waals surface area contributed by atoms with Crippen LogP contribution in [0.3, 0.4) is 0 Å². The third-order valence-electron chi connectivity index (χ3n) is 5.37. The van der Waals surface area contributed by atoms with E-state index in [4.69, 9.17) is 12.2 Å². The highest BCUT2D eigenvalue weighted by Crippen LogP contribution is 2.38. The molecule has 164 valence electrons. The van der Waals surface area contributed by atoms with Crippen molar-refractivity contribution < 1.29 is 22.2 Å². The Morgan fingerprint density at radius 3 is 2.25 bits per heavy atom. The molecule has 3 aromatic carbocycles. The molecule has 0 saturated carbocycles. The maximum absolute atomic E-state index is 13.9. The van der Waals surface area contributed by atoms with Crippen LogP contribution < -0.4 is 5.32 Å². The van der Waals surface area contributed by atoms with Crippen LogP contribution in [0.1, 0.15) is 11.1 Å². The molecule has 1 unspecified atom stereocenters. The maximum atomic E-state index is 13.9. The molecule has 4 rings (SSSR count). The second-order valence-corrected chi connectivity index (χ2v) is 9.85. The fraction of sp³-hybridized carbons (Fsp3) is 0.0909. The van der Waals surface area contributed by atoms with Crippen molar-refractivity contribution >= 4 is 49.3 Å². The Morgan fingerprint density at radius 1 is 1.06 bits per heavy atom. The van der Waals surface area contributed by atoms with Crippen molar-refractivity contribution in [2.24, 2.45) is 0 Å². The third-order valence-corrected chi connectivity index (χ3v) is 7.27. The Hall–Kier alpha value is -2.66. The van der Waals surface area contributed by atoms with Crippen LogP contribution in [-0.4, -0.2) is 35.9 Å². The SMILES string of the molecule is CN1C(=O)C(c2ccc(-c3ccccc3S(=O)(=O)O)cc2)(c2ccc(F)c(Br)c2)NC1=S. The molecule has 0 aromatic heterocycles. The van der Waals surface area contributed by atoms with E-state index in [1.807, 2.05) is 0 Å². The van der Waals surface area contributed by atoms with E-state index < -0.39 is 21.5 Å². The highest BCUT2D eigenvalue weighted by atomic mass is 79.9. The zero-order valence-corrected chi connectivity index (χ0v) is 19.8. The summed E-state index contributed by atoms with van der Waals surface area (Å²) in [7, 11) is -2.88. The first-order valence-electron chi connectivity index (χ1n) is 9.29. The molecule has 6 nitrogen and oxygen atoms in total.